The Hall–Kier alpha value is -1.89. The highest BCUT2D eigenvalue weighted by Crippen LogP contribution is 2.26. The summed E-state index contributed by atoms with van der Waals surface area (Å²) in [5.41, 5.74) is 2.72. The molecule has 0 saturated heterocycles. The summed E-state index contributed by atoms with van der Waals surface area (Å²) in [5, 5.41) is 4.77. The molecular weight excluding hydrogens is 570 g/mol. The van der Waals surface area contributed by atoms with Gasteiger partial charge in [-0.15, -0.1) is 11.8 Å². The van der Waals surface area contributed by atoms with Gasteiger partial charge < -0.3 is 10.2 Å². The Balaban J connectivity index is 1.85. The number of nitrogens with zero attached hydrogens (tertiary/aromatic N) is 1. The highest BCUT2D eigenvalue weighted by atomic mass is 35.5. The minimum Gasteiger partial charge on any atom is -0.354 e. The predicted molar refractivity (Wildman–Crippen MR) is 157 cm³/mol. The number of amides is 2. The van der Waals surface area contributed by atoms with E-state index < -0.39 is 6.04 Å². The van der Waals surface area contributed by atoms with Crippen molar-refractivity contribution in [1.29, 1.82) is 0 Å². The van der Waals surface area contributed by atoms with Crippen LogP contribution in [-0.2, 0) is 28.3 Å². The molecule has 0 aliphatic rings. The normalized spacial score (nSPS) is 11.7. The number of nitrogens with one attached hydrogen (secondary N) is 1. The molecule has 2 amide bonds. The number of carbonyl (C=O) groups is 2. The van der Waals surface area contributed by atoms with Gasteiger partial charge in [0.25, 0.3) is 0 Å². The van der Waals surface area contributed by atoms with Crippen LogP contribution < -0.4 is 5.32 Å². The number of hydrogen-bond acceptors (Lipinski definition) is 3. The Labute approximate surface area is 242 Å². The molecule has 3 aromatic rings. The van der Waals surface area contributed by atoms with Crippen molar-refractivity contribution in [1.82, 2.24) is 10.2 Å². The zero-order chi connectivity index (χ0) is 26.8. The van der Waals surface area contributed by atoms with Crippen LogP contribution in [0.1, 0.15) is 30.0 Å². The first kappa shape index (κ1) is 29.7. The molecule has 9 heteroatoms. The van der Waals surface area contributed by atoms with Crippen LogP contribution in [0.2, 0.25) is 20.1 Å². The van der Waals surface area contributed by atoms with E-state index in [0.29, 0.717) is 38.8 Å². The molecule has 3 rings (SSSR count). The largest absolute Gasteiger partial charge is 0.354 e. The Bertz CT molecular complexity index is 1210. The van der Waals surface area contributed by atoms with Crippen molar-refractivity contribution in [3.8, 4) is 0 Å². The van der Waals surface area contributed by atoms with Crippen molar-refractivity contribution in [2.45, 2.75) is 38.1 Å². The number of halogens is 4. The maximum Gasteiger partial charge on any atom is 0.243 e. The summed E-state index contributed by atoms with van der Waals surface area (Å²) < 4.78 is 0. The Morgan fingerprint density at radius 1 is 0.838 bits per heavy atom. The lowest BCUT2D eigenvalue weighted by atomic mass is 10.0. The van der Waals surface area contributed by atoms with Gasteiger partial charge in [-0.1, -0.05) is 95.8 Å². The van der Waals surface area contributed by atoms with Crippen molar-refractivity contribution in [3.05, 3.63) is 104 Å². The van der Waals surface area contributed by atoms with Crippen LogP contribution in [0.3, 0.4) is 0 Å². The smallest absolute Gasteiger partial charge is 0.243 e. The first-order valence-corrected chi connectivity index (χ1v) is 14.5. The Kier molecular flexibility index (Phi) is 11.9. The zero-order valence-electron chi connectivity index (χ0n) is 20.4. The summed E-state index contributed by atoms with van der Waals surface area (Å²) in [5.74, 6) is 0.431. The van der Waals surface area contributed by atoms with Crippen LogP contribution in [0.25, 0.3) is 0 Å². The topological polar surface area (TPSA) is 49.4 Å². The minimum atomic E-state index is -0.693. The van der Waals surface area contributed by atoms with E-state index in [9.17, 15) is 9.59 Å². The lowest BCUT2D eigenvalue weighted by Crippen LogP contribution is -2.51. The SMILES string of the molecule is CCCNC(=O)C(Cc1ccccc1)N(Cc1ccc(Cl)c(Cl)c1)C(=O)CSCc1ccc(Cl)c(Cl)c1. The van der Waals surface area contributed by atoms with E-state index in [1.54, 1.807) is 29.2 Å². The van der Waals surface area contributed by atoms with E-state index in [2.05, 4.69) is 5.32 Å². The summed E-state index contributed by atoms with van der Waals surface area (Å²) in [4.78, 5) is 28.6. The maximum absolute atomic E-state index is 13.6. The van der Waals surface area contributed by atoms with E-state index in [4.69, 9.17) is 46.4 Å². The average molecular weight is 598 g/mol. The van der Waals surface area contributed by atoms with Gasteiger partial charge in [-0.05, 0) is 47.4 Å². The highest BCUT2D eigenvalue weighted by molar-refractivity contribution is 7.99. The third-order valence-corrected chi connectivity index (χ3v) is 8.10. The number of carbonyl (C=O) groups excluding carboxylic acids is 2. The van der Waals surface area contributed by atoms with Crippen LogP contribution in [0.4, 0.5) is 0 Å². The minimum absolute atomic E-state index is 0.149. The first-order chi connectivity index (χ1) is 17.8. The lowest BCUT2D eigenvalue weighted by Gasteiger charge is -2.31. The standard InChI is InChI=1S/C28H28Cl4N2O2S/c1-2-12-33-28(36)26(15-19-6-4-3-5-7-19)34(16-20-8-10-22(29)24(31)13-20)27(35)18-37-17-21-9-11-23(30)25(32)14-21/h3-11,13-14,26H,2,12,15-18H2,1H3,(H,33,36). The van der Waals surface area contributed by atoms with Crippen molar-refractivity contribution >= 4 is 70.0 Å². The molecule has 0 spiro atoms. The van der Waals surface area contributed by atoms with Gasteiger partial charge in [-0.25, -0.2) is 0 Å². The number of hydrogen-bond donors (Lipinski definition) is 1. The van der Waals surface area contributed by atoms with Crippen molar-refractivity contribution < 1.29 is 9.59 Å². The monoisotopic (exact) mass is 596 g/mol. The zero-order valence-corrected chi connectivity index (χ0v) is 24.2. The average Bonchev–Trinajstić information content (AvgIpc) is 2.89. The van der Waals surface area contributed by atoms with Gasteiger partial charge in [0.15, 0.2) is 0 Å². The van der Waals surface area contributed by atoms with Gasteiger partial charge in [0, 0.05) is 25.3 Å². The second kappa shape index (κ2) is 14.9. The van der Waals surface area contributed by atoms with E-state index in [-0.39, 0.29) is 24.1 Å². The highest BCUT2D eigenvalue weighted by Gasteiger charge is 2.30. The molecule has 4 nitrogen and oxygen atoms in total. The molecule has 1 atom stereocenters. The number of thioether (sulfide) groups is 1. The molecule has 3 aromatic carbocycles. The van der Waals surface area contributed by atoms with Gasteiger partial charge in [-0.2, -0.15) is 0 Å². The third kappa shape index (κ3) is 9.12. The van der Waals surface area contributed by atoms with Crippen LogP contribution in [-0.4, -0.2) is 35.1 Å². The van der Waals surface area contributed by atoms with E-state index >= 15 is 0 Å². The second-order valence-electron chi connectivity index (χ2n) is 8.51. The maximum atomic E-state index is 13.6. The summed E-state index contributed by atoms with van der Waals surface area (Å²) in [7, 11) is 0. The first-order valence-electron chi connectivity index (χ1n) is 11.8. The van der Waals surface area contributed by atoms with E-state index in [1.807, 2.05) is 49.4 Å². The third-order valence-electron chi connectivity index (χ3n) is 5.64. The van der Waals surface area contributed by atoms with Crippen LogP contribution >= 0.6 is 58.2 Å². The summed E-state index contributed by atoms with van der Waals surface area (Å²) in [6, 6.07) is 19.7. The molecule has 0 aliphatic carbocycles. The molecule has 1 N–H and O–H groups in total. The lowest BCUT2D eigenvalue weighted by molar-refractivity contribution is -0.139. The molecule has 0 fully saturated rings. The molecule has 196 valence electrons. The molecular formula is C28H28Cl4N2O2S. The van der Waals surface area contributed by atoms with Gasteiger partial charge in [0.1, 0.15) is 6.04 Å². The predicted octanol–water partition coefficient (Wildman–Crippen LogP) is 7.70. The van der Waals surface area contributed by atoms with Crippen molar-refractivity contribution in [3.63, 3.8) is 0 Å². The second-order valence-corrected chi connectivity index (χ2v) is 11.1. The number of rotatable bonds is 12. The Morgan fingerprint density at radius 2 is 1.46 bits per heavy atom. The van der Waals surface area contributed by atoms with E-state index in [0.717, 1.165) is 23.1 Å². The van der Waals surface area contributed by atoms with Crippen LogP contribution in [0.15, 0.2) is 66.7 Å². The fourth-order valence-electron chi connectivity index (χ4n) is 3.72. The van der Waals surface area contributed by atoms with Gasteiger partial charge in [-0.3, -0.25) is 9.59 Å². The number of benzene rings is 3. The molecule has 0 heterocycles. The molecule has 0 saturated carbocycles. The van der Waals surface area contributed by atoms with Gasteiger partial charge in [0.05, 0.1) is 25.8 Å². The molecule has 0 bridgehead atoms. The molecule has 0 aliphatic heterocycles. The molecule has 1 unspecified atom stereocenters. The van der Waals surface area contributed by atoms with Crippen molar-refractivity contribution in [2.24, 2.45) is 0 Å². The quantitative estimate of drug-likeness (QED) is 0.233. The fourth-order valence-corrected chi connectivity index (χ4v) is 5.22. The fraction of sp³-hybridized carbons (Fsp3) is 0.286. The Morgan fingerprint density at radius 3 is 2.08 bits per heavy atom. The molecule has 37 heavy (non-hydrogen) atoms. The molecule has 0 radical (unpaired) electrons. The molecule has 0 aromatic heterocycles. The summed E-state index contributed by atoms with van der Waals surface area (Å²) in [6.45, 7) is 2.75. The summed E-state index contributed by atoms with van der Waals surface area (Å²) in [6.07, 6.45) is 1.19. The van der Waals surface area contributed by atoms with Gasteiger partial charge in [0.2, 0.25) is 11.8 Å². The van der Waals surface area contributed by atoms with Crippen LogP contribution in [0, 0.1) is 0 Å². The van der Waals surface area contributed by atoms with E-state index in [1.165, 1.54) is 11.8 Å². The summed E-state index contributed by atoms with van der Waals surface area (Å²) >= 11 is 26.0. The van der Waals surface area contributed by atoms with Crippen LogP contribution in [0.5, 0.6) is 0 Å². The van der Waals surface area contributed by atoms with Crippen molar-refractivity contribution in [2.75, 3.05) is 12.3 Å². The van der Waals surface area contributed by atoms with Gasteiger partial charge >= 0.3 is 0 Å².